The molecule has 0 spiro atoms. The van der Waals surface area contributed by atoms with Crippen molar-refractivity contribution in [3.63, 3.8) is 0 Å². The van der Waals surface area contributed by atoms with Crippen molar-refractivity contribution < 1.29 is 8.42 Å². The minimum Gasteiger partial charge on any atom is -0.269 e. The van der Waals surface area contributed by atoms with Gasteiger partial charge in [0.2, 0.25) is 0 Å². The number of anilines is 1. The summed E-state index contributed by atoms with van der Waals surface area (Å²) in [5.74, 6) is 0. The van der Waals surface area contributed by atoms with E-state index in [1.807, 2.05) is 0 Å². The first kappa shape index (κ1) is 18.6. The Labute approximate surface area is 169 Å². The molecule has 0 amide bonds. The molecule has 0 saturated carbocycles. The van der Waals surface area contributed by atoms with E-state index in [9.17, 15) is 13.2 Å². The Hall–Kier alpha value is -2.75. The van der Waals surface area contributed by atoms with Crippen LogP contribution < -0.4 is 9.86 Å². The first-order valence-electron chi connectivity index (χ1n) is 8.10. The number of sulfonamides is 1. The van der Waals surface area contributed by atoms with Crippen molar-refractivity contribution in [3.05, 3.63) is 87.4 Å². The van der Waals surface area contributed by atoms with E-state index in [-0.39, 0.29) is 17.0 Å². The SMILES string of the molecule is O=c1cc(CN(c2nccs2)S(=O)(=O)c2ccccc2)nc2ccc(Cl)cn12. The Morgan fingerprint density at radius 1 is 1.14 bits per heavy atom. The molecule has 10 heteroatoms. The van der Waals surface area contributed by atoms with Gasteiger partial charge in [0, 0.05) is 23.8 Å². The molecule has 0 fully saturated rings. The van der Waals surface area contributed by atoms with Gasteiger partial charge in [-0.05, 0) is 24.3 Å². The number of aromatic nitrogens is 3. The normalized spacial score (nSPS) is 11.6. The lowest BCUT2D eigenvalue weighted by Gasteiger charge is -2.21. The van der Waals surface area contributed by atoms with Gasteiger partial charge in [0.25, 0.3) is 15.6 Å². The standard InChI is InChI=1S/C18H13ClN4O3S2/c19-13-6-7-16-21-14(10-17(24)22(16)11-13)12-23(18-20-8-9-27-18)28(25,26)15-4-2-1-3-5-15/h1-11H,12H2. The molecule has 0 aliphatic heterocycles. The number of fused-ring (bicyclic) bond motifs is 1. The van der Waals surface area contributed by atoms with E-state index >= 15 is 0 Å². The van der Waals surface area contributed by atoms with Crippen molar-refractivity contribution in [1.82, 2.24) is 14.4 Å². The van der Waals surface area contributed by atoms with Crippen LogP contribution in [0.2, 0.25) is 5.02 Å². The van der Waals surface area contributed by atoms with Gasteiger partial charge >= 0.3 is 0 Å². The van der Waals surface area contributed by atoms with E-state index in [0.29, 0.717) is 21.5 Å². The lowest BCUT2D eigenvalue weighted by atomic mass is 10.3. The Balaban J connectivity index is 1.81. The third kappa shape index (κ3) is 3.51. The van der Waals surface area contributed by atoms with Gasteiger partial charge in [-0.15, -0.1) is 11.3 Å². The van der Waals surface area contributed by atoms with Crippen LogP contribution in [0.15, 0.2) is 76.0 Å². The number of hydrogen-bond acceptors (Lipinski definition) is 6. The van der Waals surface area contributed by atoms with E-state index in [1.54, 1.807) is 35.7 Å². The van der Waals surface area contributed by atoms with Gasteiger partial charge in [-0.25, -0.2) is 22.7 Å². The number of thiazole rings is 1. The molecule has 4 aromatic rings. The molecule has 1 aromatic carbocycles. The maximum Gasteiger partial charge on any atom is 0.266 e. The van der Waals surface area contributed by atoms with Gasteiger partial charge in [-0.3, -0.25) is 9.20 Å². The summed E-state index contributed by atoms with van der Waals surface area (Å²) in [5.41, 5.74) is 0.337. The zero-order valence-corrected chi connectivity index (χ0v) is 16.7. The summed E-state index contributed by atoms with van der Waals surface area (Å²) >= 11 is 7.12. The van der Waals surface area contributed by atoms with Crippen LogP contribution in [0.25, 0.3) is 5.65 Å². The zero-order chi connectivity index (χ0) is 19.7. The predicted octanol–water partition coefficient (Wildman–Crippen LogP) is 3.20. The van der Waals surface area contributed by atoms with Crippen molar-refractivity contribution >= 4 is 43.7 Å². The van der Waals surface area contributed by atoms with Crippen LogP contribution in [0.1, 0.15) is 5.69 Å². The number of hydrogen-bond donors (Lipinski definition) is 0. The van der Waals surface area contributed by atoms with Crippen LogP contribution in [0, 0.1) is 0 Å². The molecule has 0 radical (unpaired) electrons. The second-order valence-electron chi connectivity index (χ2n) is 5.80. The number of nitrogens with zero attached hydrogens (tertiary/aromatic N) is 4. The molecule has 0 aliphatic rings. The fourth-order valence-corrected chi connectivity index (χ4v) is 5.11. The van der Waals surface area contributed by atoms with Crippen LogP contribution >= 0.6 is 22.9 Å². The van der Waals surface area contributed by atoms with E-state index in [1.165, 1.54) is 46.3 Å². The topological polar surface area (TPSA) is 84.6 Å². The van der Waals surface area contributed by atoms with Crippen LogP contribution in [0.5, 0.6) is 0 Å². The van der Waals surface area contributed by atoms with E-state index in [4.69, 9.17) is 11.6 Å². The minimum atomic E-state index is -3.88. The molecule has 28 heavy (non-hydrogen) atoms. The third-order valence-electron chi connectivity index (χ3n) is 3.95. The van der Waals surface area contributed by atoms with Crippen LogP contribution in [0.4, 0.5) is 5.13 Å². The summed E-state index contributed by atoms with van der Waals surface area (Å²) in [6.07, 6.45) is 2.99. The zero-order valence-electron chi connectivity index (χ0n) is 14.3. The highest BCUT2D eigenvalue weighted by atomic mass is 35.5. The summed E-state index contributed by atoms with van der Waals surface area (Å²) in [7, 11) is -3.88. The molecule has 142 valence electrons. The summed E-state index contributed by atoms with van der Waals surface area (Å²) < 4.78 is 28.8. The average molecular weight is 433 g/mol. The predicted molar refractivity (Wildman–Crippen MR) is 108 cm³/mol. The molecule has 7 nitrogen and oxygen atoms in total. The largest absolute Gasteiger partial charge is 0.269 e. The van der Waals surface area contributed by atoms with Gasteiger partial charge in [-0.1, -0.05) is 29.8 Å². The molecular weight excluding hydrogens is 420 g/mol. The number of benzene rings is 1. The molecule has 0 aliphatic carbocycles. The first-order valence-corrected chi connectivity index (χ1v) is 10.8. The summed E-state index contributed by atoms with van der Waals surface area (Å²) in [5, 5.41) is 2.38. The fourth-order valence-electron chi connectivity index (χ4n) is 2.67. The van der Waals surface area contributed by atoms with E-state index < -0.39 is 10.0 Å². The van der Waals surface area contributed by atoms with Crippen LogP contribution in [-0.2, 0) is 16.6 Å². The molecule has 0 unspecified atom stereocenters. The van der Waals surface area contributed by atoms with Gasteiger partial charge < -0.3 is 0 Å². The van der Waals surface area contributed by atoms with E-state index in [2.05, 4.69) is 9.97 Å². The summed E-state index contributed by atoms with van der Waals surface area (Å²) in [4.78, 5) is 21.1. The highest BCUT2D eigenvalue weighted by Crippen LogP contribution is 2.27. The van der Waals surface area contributed by atoms with Crippen molar-refractivity contribution in [3.8, 4) is 0 Å². The van der Waals surface area contributed by atoms with Crippen molar-refractivity contribution in [1.29, 1.82) is 0 Å². The Morgan fingerprint density at radius 3 is 2.64 bits per heavy atom. The second-order valence-corrected chi connectivity index (χ2v) is 8.97. The third-order valence-corrected chi connectivity index (χ3v) is 6.83. The Bertz CT molecular complexity index is 1290. The number of rotatable bonds is 5. The minimum absolute atomic E-state index is 0.126. The maximum absolute atomic E-state index is 13.2. The highest BCUT2D eigenvalue weighted by molar-refractivity contribution is 7.93. The maximum atomic E-state index is 13.2. The summed E-state index contributed by atoms with van der Waals surface area (Å²) in [6, 6.07) is 12.6. The van der Waals surface area contributed by atoms with Crippen molar-refractivity contribution in [2.24, 2.45) is 0 Å². The quantitative estimate of drug-likeness (QED) is 0.483. The second kappa shape index (κ2) is 7.34. The monoisotopic (exact) mass is 432 g/mol. The van der Waals surface area contributed by atoms with Crippen LogP contribution in [0.3, 0.4) is 0 Å². The number of halogens is 1. The van der Waals surface area contributed by atoms with Gasteiger partial charge in [-0.2, -0.15) is 0 Å². The molecule has 0 saturated heterocycles. The smallest absolute Gasteiger partial charge is 0.266 e. The molecule has 0 N–H and O–H groups in total. The Morgan fingerprint density at radius 2 is 1.93 bits per heavy atom. The summed E-state index contributed by atoms with van der Waals surface area (Å²) in [6.45, 7) is -0.126. The fraction of sp³-hybridized carbons (Fsp3) is 0.0556. The molecule has 0 bridgehead atoms. The van der Waals surface area contributed by atoms with Crippen LogP contribution in [-0.4, -0.2) is 22.8 Å². The highest BCUT2D eigenvalue weighted by Gasteiger charge is 2.27. The molecular formula is C18H13ClN4O3S2. The molecule has 0 atom stereocenters. The molecule has 3 heterocycles. The van der Waals surface area contributed by atoms with Crippen molar-refractivity contribution in [2.45, 2.75) is 11.4 Å². The van der Waals surface area contributed by atoms with E-state index in [0.717, 1.165) is 4.31 Å². The van der Waals surface area contributed by atoms with Gasteiger partial charge in [0.05, 0.1) is 22.2 Å². The van der Waals surface area contributed by atoms with Crippen molar-refractivity contribution in [2.75, 3.05) is 4.31 Å². The van der Waals surface area contributed by atoms with Gasteiger partial charge in [0.1, 0.15) is 5.65 Å². The average Bonchev–Trinajstić information content (AvgIpc) is 3.21. The Kier molecular flexibility index (Phi) is 4.88. The first-order chi connectivity index (χ1) is 13.4. The lowest BCUT2D eigenvalue weighted by molar-refractivity contribution is 0.589. The lowest BCUT2D eigenvalue weighted by Crippen LogP contribution is -2.31. The number of pyridine rings is 1. The van der Waals surface area contributed by atoms with Gasteiger partial charge in [0.15, 0.2) is 5.13 Å². The molecule has 4 rings (SSSR count). The molecule has 3 aromatic heterocycles.